The van der Waals surface area contributed by atoms with Crippen LogP contribution in [0.2, 0.25) is 0 Å². The molecule has 0 spiro atoms. The minimum absolute atomic E-state index is 0.0999. The van der Waals surface area contributed by atoms with Gasteiger partial charge in [0, 0.05) is 57.0 Å². The molecule has 5 nitrogen and oxygen atoms in total. The van der Waals surface area contributed by atoms with Crippen LogP contribution in [0.4, 0.5) is 14.6 Å². The zero-order chi connectivity index (χ0) is 21.2. The fourth-order valence-electron chi connectivity index (χ4n) is 3.39. The van der Waals surface area contributed by atoms with Crippen molar-refractivity contribution in [3.63, 3.8) is 0 Å². The van der Waals surface area contributed by atoms with Crippen LogP contribution in [0.1, 0.15) is 39.5 Å². The number of pyridine rings is 1. The van der Waals surface area contributed by atoms with Crippen LogP contribution in [0.25, 0.3) is 0 Å². The summed E-state index contributed by atoms with van der Waals surface area (Å²) in [4.78, 5) is 21.2. The Hall–Kier alpha value is -2.38. The summed E-state index contributed by atoms with van der Waals surface area (Å²) < 4.78 is 28.7. The number of carbonyl (C=O) groups is 1. The number of rotatable bonds is 5. The summed E-state index contributed by atoms with van der Waals surface area (Å²) in [6, 6.07) is 6.33. The van der Waals surface area contributed by atoms with Gasteiger partial charge >= 0.3 is 0 Å². The normalized spacial score (nSPS) is 16.1. The zero-order valence-corrected chi connectivity index (χ0v) is 17.4. The quantitative estimate of drug-likeness (QED) is 0.826. The van der Waals surface area contributed by atoms with E-state index in [1.54, 1.807) is 24.4 Å². The number of alkyl halides is 2. The molecule has 1 amide bonds. The molecule has 156 valence electrons. The number of nitrogens with zero attached hydrogens (tertiary/aromatic N) is 3. The molecule has 3 rings (SSSR count). The Labute approximate surface area is 170 Å². The second kappa shape index (κ2) is 8.55. The molecule has 0 aliphatic carbocycles. The molecular formula is C22H28F2N4O. The molecule has 7 heteroatoms. The van der Waals surface area contributed by atoms with E-state index in [1.807, 2.05) is 13.8 Å². The van der Waals surface area contributed by atoms with E-state index in [9.17, 15) is 13.6 Å². The number of benzene rings is 1. The number of hydrogen-bond acceptors (Lipinski definition) is 4. The molecule has 1 aliphatic heterocycles. The molecule has 1 N–H and O–H groups in total. The van der Waals surface area contributed by atoms with Crippen molar-refractivity contribution in [2.45, 2.75) is 33.2 Å². The largest absolute Gasteiger partial charge is 0.307 e. The Morgan fingerprint density at radius 2 is 1.83 bits per heavy atom. The van der Waals surface area contributed by atoms with Crippen molar-refractivity contribution in [2.75, 3.05) is 38.5 Å². The van der Waals surface area contributed by atoms with Crippen LogP contribution in [0.15, 0.2) is 30.5 Å². The Morgan fingerprint density at radius 3 is 2.45 bits per heavy atom. The number of nitrogens with one attached hydrogen (secondary N) is 1. The van der Waals surface area contributed by atoms with E-state index in [0.29, 0.717) is 17.9 Å². The molecule has 1 aromatic carbocycles. The van der Waals surface area contributed by atoms with Gasteiger partial charge in [-0.1, -0.05) is 6.07 Å². The third-order valence-corrected chi connectivity index (χ3v) is 5.45. The lowest BCUT2D eigenvalue weighted by molar-refractivity contribution is 0.0155. The highest BCUT2D eigenvalue weighted by Crippen LogP contribution is 2.32. The van der Waals surface area contributed by atoms with Crippen molar-refractivity contribution in [1.29, 1.82) is 0 Å². The van der Waals surface area contributed by atoms with Crippen molar-refractivity contribution < 1.29 is 13.6 Å². The molecule has 2 aromatic rings. The highest BCUT2D eigenvalue weighted by Gasteiger charge is 2.29. The van der Waals surface area contributed by atoms with E-state index in [2.05, 4.69) is 27.1 Å². The molecule has 1 saturated heterocycles. The number of amides is 1. The third kappa shape index (κ3) is 5.36. The maximum absolute atomic E-state index is 14.3. The highest BCUT2D eigenvalue weighted by molar-refractivity contribution is 6.04. The van der Waals surface area contributed by atoms with Gasteiger partial charge in [-0.2, -0.15) is 0 Å². The number of anilines is 1. The third-order valence-electron chi connectivity index (χ3n) is 5.45. The number of aromatic nitrogens is 1. The fraction of sp³-hybridized carbons (Fsp3) is 0.455. The molecule has 1 aliphatic rings. The number of carbonyl (C=O) groups excluding carboxylic acids is 1. The van der Waals surface area contributed by atoms with Crippen LogP contribution >= 0.6 is 0 Å². The average molecular weight is 402 g/mol. The lowest BCUT2D eigenvalue weighted by atomic mass is 9.98. The van der Waals surface area contributed by atoms with Crippen molar-refractivity contribution in [2.24, 2.45) is 0 Å². The van der Waals surface area contributed by atoms with Crippen LogP contribution < -0.4 is 5.32 Å². The van der Waals surface area contributed by atoms with Crippen molar-refractivity contribution in [3.05, 3.63) is 58.3 Å². The standard InChI is InChI=1S/C22H28F2N4O/c1-15-11-20(25-13-16(15)2)26-21(29)17-5-6-18(19(12-17)22(3,23)24)14-28-9-7-27(4)8-10-28/h5-6,11-13H,7-10,14H2,1-4H3,(H,25,26,29). The molecule has 29 heavy (non-hydrogen) atoms. The number of likely N-dealkylation sites (N-methyl/N-ethyl adjacent to an activating group) is 1. The van der Waals surface area contributed by atoms with E-state index in [1.165, 1.54) is 6.07 Å². The molecule has 0 saturated carbocycles. The predicted octanol–water partition coefficient (Wildman–Crippen LogP) is 3.81. The van der Waals surface area contributed by atoms with Crippen LogP contribution in [-0.4, -0.2) is 53.9 Å². The monoisotopic (exact) mass is 402 g/mol. The second-order valence-electron chi connectivity index (χ2n) is 7.95. The van der Waals surface area contributed by atoms with Gasteiger partial charge < -0.3 is 10.2 Å². The molecular weight excluding hydrogens is 374 g/mol. The van der Waals surface area contributed by atoms with E-state index in [-0.39, 0.29) is 11.1 Å². The fourth-order valence-corrected chi connectivity index (χ4v) is 3.39. The highest BCUT2D eigenvalue weighted by atomic mass is 19.3. The van der Waals surface area contributed by atoms with Gasteiger partial charge in [0.05, 0.1) is 0 Å². The Bertz CT molecular complexity index is 887. The number of aryl methyl sites for hydroxylation is 2. The van der Waals surface area contributed by atoms with Crippen LogP contribution in [0.3, 0.4) is 0 Å². The van der Waals surface area contributed by atoms with E-state index in [4.69, 9.17) is 0 Å². The van der Waals surface area contributed by atoms with Gasteiger partial charge in [-0.3, -0.25) is 9.69 Å². The minimum atomic E-state index is -3.03. The first-order valence-corrected chi connectivity index (χ1v) is 9.80. The summed E-state index contributed by atoms with van der Waals surface area (Å²) in [6.07, 6.45) is 1.68. The molecule has 2 heterocycles. The summed E-state index contributed by atoms with van der Waals surface area (Å²) in [6.45, 7) is 8.70. The van der Waals surface area contributed by atoms with Crippen molar-refractivity contribution >= 4 is 11.7 Å². The van der Waals surface area contributed by atoms with E-state index < -0.39 is 11.8 Å². The Kier molecular flexibility index (Phi) is 6.29. The first-order valence-electron chi connectivity index (χ1n) is 9.80. The van der Waals surface area contributed by atoms with Crippen LogP contribution in [0.5, 0.6) is 0 Å². The van der Waals surface area contributed by atoms with Crippen molar-refractivity contribution in [3.8, 4) is 0 Å². The zero-order valence-electron chi connectivity index (χ0n) is 17.4. The topological polar surface area (TPSA) is 48.5 Å². The summed E-state index contributed by atoms with van der Waals surface area (Å²) in [5.41, 5.74) is 2.67. The molecule has 0 radical (unpaired) electrons. The van der Waals surface area contributed by atoms with Gasteiger partial charge in [0.1, 0.15) is 5.82 Å². The predicted molar refractivity (Wildman–Crippen MR) is 110 cm³/mol. The Balaban J connectivity index is 1.81. The van der Waals surface area contributed by atoms with Gasteiger partial charge in [0.2, 0.25) is 0 Å². The second-order valence-corrected chi connectivity index (χ2v) is 7.95. The summed E-state index contributed by atoms with van der Waals surface area (Å²) in [7, 11) is 2.06. The van der Waals surface area contributed by atoms with Gasteiger partial charge in [0.25, 0.3) is 11.8 Å². The lowest BCUT2D eigenvalue weighted by Crippen LogP contribution is -2.44. The summed E-state index contributed by atoms with van der Waals surface area (Å²) >= 11 is 0. The van der Waals surface area contributed by atoms with Crippen LogP contribution in [0, 0.1) is 13.8 Å². The van der Waals surface area contributed by atoms with Gasteiger partial charge in [-0.05, 0) is 55.8 Å². The smallest absolute Gasteiger partial charge is 0.270 e. The van der Waals surface area contributed by atoms with Crippen molar-refractivity contribution in [1.82, 2.24) is 14.8 Å². The summed E-state index contributed by atoms with van der Waals surface area (Å²) in [5, 5.41) is 2.70. The van der Waals surface area contributed by atoms with Gasteiger partial charge in [-0.15, -0.1) is 0 Å². The first kappa shape index (κ1) is 21.3. The van der Waals surface area contributed by atoms with Gasteiger partial charge in [-0.25, -0.2) is 13.8 Å². The SMILES string of the molecule is Cc1cnc(NC(=O)c2ccc(CN3CCN(C)CC3)c(C(C)(F)F)c2)cc1C. The maximum Gasteiger partial charge on any atom is 0.270 e. The molecule has 1 aromatic heterocycles. The first-order chi connectivity index (χ1) is 13.6. The Morgan fingerprint density at radius 1 is 1.14 bits per heavy atom. The molecule has 0 unspecified atom stereocenters. The van der Waals surface area contributed by atoms with E-state index in [0.717, 1.165) is 44.2 Å². The number of piperazine rings is 1. The number of halogens is 2. The molecule has 0 atom stereocenters. The molecule has 1 fully saturated rings. The van der Waals surface area contributed by atoms with Gasteiger partial charge in [0.15, 0.2) is 0 Å². The lowest BCUT2D eigenvalue weighted by Gasteiger charge is -2.33. The summed E-state index contributed by atoms with van der Waals surface area (Å²) in [5.74, 6) is -3.07. The molecule has 0 bridgehead atoms. The van der Waals surface area contributed by atoms with Crippen LogP contribution in [-0.2, 0) is 12.5 Å². The minimum Gasteiger partial charge on any atom is -0.307 e. The number of hydrogen-bond donors (Lipinski definition) is 1. The maximum atomic E-state index is 14.3. The average Bonchev–Trinajstić information content (AvgIpc) is 2.66. The van der Waals surface area contributed by atoms with E-state index >= 15 is 0 Å².